The van der Waals surface area contributed by atoms with E-state index in [0.717, 1.165) is 0 Å². The summed E-state index contributed by atoms with van der Waals surface area (Å²) in [4.78, 5) is 22.0. The van der Waals surface area contributed by atoms with E-state index in [2.05, 4.69) is 25.4 Å². The van der Waals surface area contributed by atoms with Crippen molar-refractivity contribution in [3.05, 3.63) is 28.7 Å². The quantitative estimate of drug-likeness (QED) is 0.687. The molecule has 0 aliphatic carbocycles. The molecule has 116 valence electrons. The van der Waals surface area contributed by atoms with E-state index in [-0.39, 0.29) is 17.7 Å². The Balaban J connectivity index is 2.87. The monoisotopic (exact) mass is 379 g/mol. The maximum Gasteiger partial charge on any atom is 0.321 e. The van der Waals surface area contributed by atoms with Gasteiger partial charge in [0.05, 0.1) is 12.0 Å². The zero-order valence-electron chi connectivity index (χ0n) is 11.1. The second-order valence-corrected chi connectivity index (χ2v) is 6.71. The average molecular weight is 380 g/mol. The lowest BCUT2D eigenvalue weighted by molar-refractivity contribution is -0.142. The zero-order chi connectivity index (χ0) is 16.0. The van der Waals surface area contributed by atoms with Gasteiger partial charge in [0.2, 0.25) is 10.0 Å². The van der Waals surface area contributed by atoms with Crippen LogP contribution in [0.15, 0.2) is 33.6 Å². The lowest BCUT2D eigenvalue weighted by Crippen LogP contribution is -2.41. The van der Waals surface area contributed by atoms with Crippen LogP contribution in [-0.4, -0.2) is 38.6 Å². The summed E-state index contributed by atoms with van der Waals surface area (Å²) in [6, 6.07) is 4.44. The highest BCUT2D eigenvalue weighted by atomic mass is 79.9. The molecular formula is C12H14BrNO6S. The number of rotatable bonds is 7. The predicted molar refractivity (Wildman–Crippen MR) is 77.1 cm³/mol. The summed E-state index contributed by atoms with van der Waals surface area (Å²) >= 11 is 3.14. The number of nitrogens with one attached hydrogen (secondary N) is 1. The Labute approximate surface area is 130 Å². The minimum atomic E-state index is -3.99. The molecule has 0 spiro atoms. The van der Waals surface area contributed by atoms with Crippen LogP contribution in [0.4, 0.5) is 0 Å². The van der Waals surface area contributed by atoms with Crippen LogP contribution in [0, 0.1) is 0 Å². The summed E-state index contributed by atoms with van der Waals surface area (Å²) in [7, 11) is -2.82. The number of carboxylic acid groups (broad SMARTS) is 1. The first-order chi connectivity index (χ1) is 9.76. The molecule has 0 bridgehead atoms. The second-order valence-electron chi connectivity index (χ2n) is 4.08. The molecule has 1 rings (SSSR count). The fraction of sp³-hybridized carbons (Fsp3) is 0.333. The van der Waals surface area contributed by atoms with Gasteiger partial charge in [-0.1, -0.05) is 22.0 Å². The summed E-state index contributed by atoms with van der Waals surface area (Å²) in [5.74, 6) is -1.97. The number of hydrogen-bond donors (Lipinski definition) is 2. The maximum absolute atomic E-state index is 12.1. The molecule has 0 aliphatic rings. The number of aliphatic carboxylic acids is 1. The molecule has 1 aromatic carbocycles. The number of methoxy groups -OCH3 is 1. The molecule has 0 aliphatic heterocycles. The van der Waals surface area contributed by atoms with Crippen molar-refractivity contribution < 1.29 is 27.9 Å². The van der Waals surface area contributed by atoms with Gasteiger partial charge < -0.3 is 9.84 Å². The van der Waals surface area contributed by atoms with Gasteiger partial charge in [0.15, 0.2) is 0 Å². The molecule has 1 atom stereocenters. The van der Waals surface area contributed by atoms with Gasteiger partial charge in [0.1, 0.15) is 6.04 Å². The largest absolute Gasteiger partial charge is 0.480 e. The van der Waals surface area contributed by atoms with Crippen molar-refractivity contribution >= 4 is 37.9 Å². The van der Waals surface area contributed by atoms with Gasteiger partial charge in [0, 0.05) is 10.9 Å². The van der Waals surface area contributed by atoms with Crippen molar-refractivity contribution in [3.8, 4) is 0 Å². The van der Waals surface area contributed by atoms with Crippen LogP contribution in [-0.2, 0) is 24.3 Å². The fourth-order valence-electron chi connectivity index (χ4n) is 1.49. The third-order valence-corrected chi connectivity index (χ3v) is 4.53. The summed E-state index contributed by atoms with van der Waals surface area (Å²) in [6.45, 7) is 0. The fourth-order valence-corrected chi connectivity index (χ4v) is 3.31. The number of carbonyl (C=O) groups is 2. The predicted octanol–water partition coefficient (Wildman–Crippen LogP) is 1.13. The Bertz CT molecular complexity index is 630. The molecule has 0 amide bonds. The summed E-state index contributed by atoms with van der Waals surface area (Å²) < 4.78 is 31.2. The summed E-state index contributed by atoms with van der Waals surface area (Å²) in [6.07, 6.45) is -0.399. The molecule has 0 heterocycles. The molecule has 0 saturated heterocycles. The van der Waals surface area contributed by atoms with Gasteiger partial charge in [-0.3, -0.25) is 9.59 Å². The van der Waals surface area contributed by atoms with E-state index in [4.69, 9.17) is 5.11 Å². The molecule has 0 aromatic heterocycles. The van der Waals surface area contributed by atoms with E-state index in [0.29, 0.717) is 4.47 Å². The summed E-state index contributed by atoms with van der Waals surface area (Å²) in [5, 5.41) is 9.04. The highest BCUT2D eigenvalue weighted by Gasteiger charge is 2.26. The first-order valence-corrected chi connectivity index (χ1v) is 8.11. The number of esters is 1. The van der Waals surface area contributed by atoms with Crippen LogP contribution < -0.4 is 4.72 Å². The number of carboxylic acids is 1. The first-order valence-electron chi connectivity index (χ1n) is 5.84. The number of benzene rings is 1. The van der Waals surface area contributed by atoms with Crippen LogP contribution in [0.3, 0.4) is 0 Å². The molecule has 0 fully saturated rings. The van der Waals surface area contributed by atoms with Crippen LogP contribution in [0.2, 0.25) is 0 Å². The molecule has 0 saturated carbocycles. The van der Waals surface area contributed by atoms with Gasteiger partial charge in [-0.05, 0) is 24.6 Å². The van der Waals surface area contributed by atoms with Crippen molar-refractivity contribution in [1.29, 1.82) is 0 Å². The lowest BCUT2D eigenvalue weighted by atomic mass is 10.2. The van der Waals surface area contributed by atoms with Crippen LogP contribution in [0.1, 0.15) is 12.8 Å². The van der Waals surface area contributed by atoms with Crippen LogP contribution in [0.5, 0.6) is 0 Å². The van der Waals surface area contributed by atoms with Crippen molar-refractivity contribution in [2.75, 3.05) is 7.11 Å². The van der Waals surface area contributed by atoms with E-state index in [9.17, 15) is 18.0 Å². The van der Waals surface area contributed by atoms with E-state index in [1.54, 1.807) is 6.07 Å². The van der Waals surface area contributed by atoms with Crippen molar-refractivity contribution in [3.63, 3.8) is 0 Å². The summed E-state index contributed by atoms with van der Waals surface area (Å²) in [5.41, 5.74) is 0. The van der Waals surface area contributed by atoms with Gasteiger partial charge in [-0.2, -0.15) is 4.72 Å². The van der Waals surface area contributed by atoms with E-state index in [1.165, 1.54) is 25.3 Å². The SMILES string of the molecule is COC(=O)CC[C@@H](NS(=O)(=O)c1cccc(Br)c1)C(=O)O. The molecule has 7 nitrogen and oxygen atoms in total. The minimum Gasteiger partial charge on any atom is -0.480 e. The Morgan fingerprint density at radius 2 is 2.10 bits per heavy atom. The van der Waals surface area contributed by atoms with Gasteiger partial charge in [-0.15, -0.1) is 0 Å². The van der Waals surface area contributed by atoms with Gasteiger partial charge in [-0.25, -0.2) is 8.42 Å². The van der Waals surface area contributed by atoms with Gasteiger partial charge >= 0.3 is 11.9 Å². The Morgan fingerprint density at radius 1 is 1.43 bits per heavy atom. The normalized spacial score (nSPS) is 12.7. The molecule has 2 N–H and O–H groups in total. The molecule has 0 radical (unpaired) electrons. The average Bonchev–Trinajstić information content (AvgIpc) is 2.42. The van der Waals surface area contributed by atoms with Crippen molar-refractivity contribution in [2.24, 2.45) is 0 Å². The molecule has 1 aromatic rings. The number of hydrogen-bond acceptors (Lipinski definition) is 5. The van der Waals surface area contributed by atoms with E-state index in [1.807, 2.05) is 0 Å². The molecule has 21 heavy (non-hydrogen) atoms. The standard InChI is InChI=1S/C12H14BrNO6S/c1-20-11(15)6-5-10(12(16)17)14-21(18,19)9-4-2-3-8(13)7-9/h2-4,7,10,14H,5-6H2,1H3,(H,16,17)/t10-/m1/s1. The topological polar surface area (TPSA) is 110 Å². The van der Waals surface area contributed by atoms with Crippen LogP contribution in [0.25, 0.3) is 0 Å². The molecule has 9 heteroatoms. The lowest BCUT2D eigenvalue weighted by Gasteiger charge is -2.14. The second kappa shape index (κ2) is 7.53. The maximum atomic E-state index is 12.1. The highest BCUT2D eigenvalue weighted by Crippen LogP contribution is 2.16. The first kappa shape index (κ1) is 17.6. The Kier molecular flexibility index (Phi) is 6.31. The highest BCUT2D eigenvalue weighted by molar-refractivity contribution is 9.10. The third-order valence-electron chi connectivity index (χ3n) is 2.57. The van der Waals surface area contributed by atoms with Gasteiger partial charge in [0.25, 0.3) is 0 Å². The molecular weight excluding hydrogens is 366 g/mol. The Morgan fingerprint density at radius 3 is 2.62 bits per heavy atom. The van der Waals surface area contributed by atoms with E-state index >= 15 is 0 Å². The van der Waals surface area contributed by atoms with Crippen LogP contribution >= 0.6 is 15.9 Å². The number of ether oxygens (including phenoxy) is 1. The number of carbonyl (C=O) groups excluding carboxylic acids is 1. The van der Waals surface area contributed by atoms with E-state index < -0.39 is 28.0 Å². The zero-order valence-corrected chi connectivity index (χ0v) is 13.5. The van der Waals surface area contributed by atoms with Crippen molar-refractivity contribution in [2.45, 2.75) is 23.8 Å². The number of sulfonamides is 1. The third kappa shape index (κ3) is 5.44. The smallest absolute Gasteiger partial charge is 0.321 e. The number of halogens is 1. The minimum absolute atomic E-state index is 0.0683. The molecule has 0 unspecified atom stereocenters. The van der Waals surface area contributed by atoms with Crippen molar-refractivity contribution in [1.82, 2.24) is 4.72 Å². The Hall–Kier alpha value is -1.45.